The van der Waals surface area contributed by atoms with Crippen LogP contribution in [0.1, 0.15) is 30.5 Å². The molecule has 3 heterocycles. The highest BCUT2D eigenvalue weighted by Gasteiger charge is 2.15. The smallest absolute Gasteiger partial charge is 0.154 e. The predicted octanol–water partition coefficient (Wildman–Crippen LogP) is 2.38. The van der Waals surface area contributed by atoms with Crippen LogP contribution in [0.15, 0.2) is 12.3 Å². The average molecular weight is 265 g/mol. The second-order valence-electron chi connectivity index (χ2n) is 5.00. The lowest BCUT2D eigenvalue weighted by Gasteiger charge is -2.22. The van der Waals surface area contributed by atoms with Crippen molar-refractivity contribution in [1.29, 1.82) is 0 Å². The zero-order valence-corrected chi connectivity index (χ0v) is 11.2. The highest BCUT2D eigenvalue weighted by molar-refractivity contribution is 6.30. The van der Waals surface area contributed by atoms with Crippen molar-refractivity contribution < 1.29 is 0 Å². The average Bonchev–Trinajstić information content (AvgIpc) is 2.72. The Morgan fingerprint density at radius 1 is 1.50 bits per heavy atom. The minimum atomic E-state index is 0.544. The summed E-state index contributed by atoms with van der Waals surface area (Å²) < 4.78 is 1.77. The highest BCUT2D eigenvalue weighted by Crippen LogP contribution is 2.16. The second-order valence-corrected chi connectivity index (χ2v) is 5.36. The van der Waals surface area contributed by atoms with Gasteiger partial charge >= 0.3 is 0 Å². The van der Waals surface area contributed by atoms with Gasteiger partial charge < -0.3 is 5.32 Å². The number of aromatic nitrogens is 3. The summed E-state index contributed by atoms with van der Waals surface area (Å²) in [5.41, 5.74) is 2.93. The molecular weight excluding hydrogens is 248 g/mol. The molecule has 2 aromatic heterocycles. The molecule has 1 atom stereocenters. The summed E-state index contributed by atoms with van der Waals surface area (Å²) in [6.07, 6.45) is 6.80. The Hall–Kier alpha value is -1.13. The van der Waals surface area contributed by atoms with Gasteiger partial charge in [-0.3, -0.25) is 0 Å². The molecule has 0 radical (unpaired) electrons. The van der Waals surface area contributed by atoms with Crippen LogP contribution in [0.25, 0.3) is 5.65 Å². The summed E-state index contributed by atoms with van der Waals surface area (Å²) in [5, 5.41) is 8.37. The normalized spacial score (nSPS) is 20.4. The largest absolute Gasteiger partial charge is 0.314 e. The lowest BCUT2D eigenvalue weighted by molar-refractivity contribution is 0.397. The number of nitrogens with zero attached hydrogens (tertiary/aromatic N) is 3. The van der Waals surface area contributed by atoms with Gasteiger partial charge in [0.05, 0.1) is 11.9 Å². The van der Waals surface area contributed by atoms with E-state index in [9.17, 15) is 0 Å². The molecule has 1 aliphatic rings. The predicted molar refractivity (Wildman–Crippen MR) is 72.1 cm³/mol. The van der Waals surface area contributed by atoms with E-state index in [1.54, 1.807) is 4.52 Å². The third-order valence-electron chi connectivity index (χ3n) is 3.50. The molecule has 4 nitrogen and oxygen atoms in total. The van der Waals surface area contributed by atoms with E-state index in [0.29, 0.717) is 11.2 Å². The Morgan fingerprint density at radius 3 is 3.17 bits per heavy atom. The van der Waals surface area contributed by atoms with Crippen molar-refractivity contribution in [2.45, 2.75) is 38.6 Å². The Balaban J connectivity index is 1.84. The van der Waals surface area contributed by atoms with Crippen LogP contribution in [0.3, 0.4) is 0 Å². The van der Waals surface area contributed by atoms with Gasteiger partial charge in [0.2, 0.25) is 0 Å². The molecule has 5 heteroatoms. The maximum Gasteiger partial charge on any atom is 0.154 e. The number of halogens is 1. The van der Waals surface area contributed by atoms with Gasteiger partial charge in [-0.15, -0.1) is 0 Å². The van der Waals surface area contributed by atoms with Crippen LogP contribution in [0.2, 0.25) is 5.15 Å². The Bertz CT molecular complexity index is 518. The zero-order chi connectivity index (χ0) is 12.5. The van der Waals surface area contributed by atoms with Crippen LogP contribution in [0, 0.1) is 6.92 Å². The second kappa shape index (κ2) is 4.86. The van der Waals surface area contributed by atoms with Crippen LogP contribution < -0.4 is 5.32 Å². The molecule has 0 spiro atoms. The van der Waals surface area contributed by atoms with Gasteiger partial charge in [0.1, 0.15) is 0 Å². The van der Waals surface area contributed by atoms with E-state index in [-0.39, 0.29) is 0 Å². The molecule has 0 amide bonds. The van der Waals surface area contributed by atoms with E-state index in [0.717, 1.165) is 29.9 Å². The van der Waals surface area contributed by atoms with Crippen molar-refractivity contribution in [1.82, 2.24) is 19.9 Å². The molecule has 18 heavy (non-hydrogen) atoms. The van der Waals surface area contributed by atoms with Crippen molar-refractivity contribution in [3.8, 4) is 0 Å². The number of imidazole rings is 1. The van der Waals surface area contributed by atoms with Crippen molar-refractivity contribution in [2.24, 2.45) is 0 Å². The third-order valence-corrected chi connectivity index (χ3v) is 3.87. The molecule has 96 valence electrons. The Kier molecular flexibility index (Phi) is 3.22. The number of piperidine rings is 1. The van der Waals surface area contributed by atoms with Crippen molar-refractivity contribution in [2.75, 3.05) is 6.54 Å². The van der Waals surface area contributed by atoms with Crippen molar-refractivity contribution >= 4 is 17.2 Å². The molecule has 1 N–H and O–H groups in total. The van der Waals surface area contributed by atoms with E-state index in [1.807, 2.05) is 19.2 Å². The van der Waals surface area contributed by atoms with Crippen LogP contribution in [0.4, 0.5) is 0 Å². The summed E-state index contributed by atoms with van der Waals surface area (Å²) in [6, 6.07) is 2.54. The standard InChI is InChI=1S/C13H17ClN4/c1-9-6-12-16-11(8-18(12)17-13(9)14)7-10-4-2-3-5-15-10/h6,8,10,15H,2-5,7H2,1H3. The molecule has 1 saturated heterocycles. The van der Waals surface area contributed by atoms with Gasteiger partial charge in [-0.25, -0.2) is 9.50 Å². The topological polar surface area (TPSA) is 42.2 Å². The number of hydrogen-bond acceptors (Lipinski definition) is 3. The minimum absolute atomic E-state index is 0.544. The van der Waals surface area contributed by atoms with Gasteiger partial charge in [-0.1, -0.05) is 18.0 Å². The first-order valence-corrected chi connectivity index (χ1v) is 6.85. The monoisotopic (exact) mass is 264 g/mol. The Labute approximate surface area is 111 Å². The number of hydrogen-bond donors (Lipinski definition) is 1. The highest BCUT2D eigenvalue weighted by atomic mass is 35.5. The lowest BCUT2D eigenvalue weighted by Crippen LogP contribution is -2.35. The van der Waals surface area contributed by atoms with E-state index in [2.05, 4.69) is 15.4 Å². The number of aryl methyl sites for hydroxylation is 1. The molecule has 0 aromatic carbocycles. The molecule has 1 fully saturated rings. The quantitative estimate of drug-likeness (QED) is 0.906. The van der Waals surface area contributed by atoms with E-state index in [1.165, 1.54) is 19.3 Å². The molecule has 0 bridgehead atoms. The summed E-state index contributed by atoms with van der Waals surface area (Å²) in [6.45, 7) is 3.08. The number of fused-ring (bicyclic) bond motifs is 1. The summed E-state index contributed by atoms with van der Waals surface area (Å²) >= 11 is 6.02. The molecule has 3 rings (SSSR count). The fraction of sp³-hybridized carbons (Fsp3) is 0.538. The lowest BCUT2D eigenvalue weighted by atomic mass is 10.0. The summed E-state index contributed by atoms with van der Waals surface area (Å²) in [4.78, 5) is 4.61. The molecule has 2 aromatic rings. The first kappa shape index (κ1) is 11.9. The Morgan fingerprint density at radius 2 is 2.39 bits per heavy atom. The summed E-state index contributed by atoms with van der Waals surface area (Å²) in [5.74, 6) is 0. The van der Waals surface area contributed by atoms with Gasteiger partial charge in [-0.2, -0.15) is 5.10 Å². The SMILES string of the molecule is Cc1cc2nc(CC3CCCCN3)cn2nc1Cl. The van der Waals surface area contributed by atoms with E-state index < -0.39 is 0 Å². The zero-order valence-electron chi connectivity index (χ0n) is 10.5. The maximum atomic E-state index is 6.02. The van der Waals surface area contributed by atoms with Gasteiger partial charge in [0.25, 0.3) is 0 Å². The van der Waals surface area contributed by atoms with Crippen molar-refractivity contribution in [3.63, 3.8) is 0 Å². The number of rotatable bonds is 2. The van der Waals surface area contributed by atoms with Crippen molar-refractivity contribution in [3.05, 3.63) is 28.7 Å². The van der Waals surface area contributed by atoms with Gasteiger partial charge in [0.15, 0.2) is 10.8 Å². The first-order valence-electron chi connectivity index (χ1n) is 6.47. The molecule has 1 unspecified atom stereocenters. The third kappa shape index (κ3) is 2.35. The first-order chi connectivity index (χ1) is 8.72. The van der Waals surface area contributed by atoms with E-state index >= 15 is 0 Å². The van der Waals surface area contributed by atoms with Gasteiger partial charge in [0, 0.05) is 12.5 Å². The molecule has 1 aliphatic heterocycles. The maximum absolute atomic E-state index is 6.02. The molecule has 0 aliphatic carbocycles. The van der Waals surface area contributed by atoms with E-state index in [4.69, 9.17) is 11.6 Å². The van der Waals surface area contributed by atoms with Crippen LogP contribution in [0.5, 0.6) is 0 Å². The van der Waals surface area contributed by atoms with Crippen LogP contribution >= 0.6 is 11.6 Å². The fourth-order valence-corrected chi connectivity index (χ4v) is 2.62. The van der Waals surface area contributed by atoms with Gasteiger partial charge in [-0.05, 0) is 37.9 Å². The number of nitrogens with one attached hydrogen (secondary N) is 1. The molecular formula is C13H17ClN4. The minimum Gasteiger partial charge on any atom is -0.314 e. The fourth-order valence-electron chi connectivity index (χ4n) is 2.49. The molecule has 0 saturated carbocycles. The van der Waals surface area contributed by atoms with Crippen LogP contribution in [-0.4, -0.2) is 27.2 Å². The summed E-state index contributed by atoms with van der Waals surface area (Å²) in [7, 11) is 0. The van der Waals surface area contributed by atoms with Crippen LogP contribution in [-0.2, 0) is 6.42 Å².